The van der Waals surface area contributed by atoms with E-state index in [0.29, 0.717) is 18.1 Å². The van der Waals surface area contributed by atoms with Crippen LogP contribution in [-0.4, -0.2) is 61.6 Å². The van der Waals surface area contributed by atoms with Gasteiger partial charge >= 0.3 is 5.97 Å². The molecule has 1 aliphatic rings. The number of esters is 1. The number of nitrogens with zero attached hydrogens (tertiary/aromatic N) is 2. The van der Waals surface area contributed by atoms with Crippen LogP contribution >= 0.6 is 11.6 Å². The molecule has 2 aromatic carbocycles. The zero-order valence-corrected chi connectivity index (χ0v) is 18.6. The Hall–Kier alpha value is -2.14. The summed E-state index contributed by atoms with van der Waals surface area (Å²) in [6.07, 6.45) is 4.39. The first-order chi connectivity index (χ1) is 14.5. The van der Waals surface area contributed by atoms with Crippen molar-refractivity contribution in [1.82, 2.24) is 9.80 Å². The highest BCUT2D eigenvalue weighted by atomic mass is 35.5. The van der Waals surface area contributed by atoms with E-state index in [4.69, 9.17) is 16.3 Å². The van der Waals surface area contributed by atoms with Crippen LogP contribution in [0, 0.1) is 0 Å². The van der Waals surface area contributed by atoms with Crippen LogP contribution < -0.4 is 0 Å². The third kappa shape index (κ3) is 6.69. The number of ether oxygens (including phenoxy) is 1. The molecule has 1 heterocycles. The summed E-state index contributed by atoms with van der Waals surface area (Å²) in [5.74, 6) is 0.176. The third-order valence-corrected chi connectivity index (χ3v) is 5.78. The number of hydrogen-bond donors (Lipinski definition) is 0. The number of carbonyl (C=O) groups is 1. The fourth-order valence-corrected chi connectivity index (χ4v) is 3.85. The lowest BCUT2D eigenvalue weighted by atomic mass is 9.99. The summed E-state index contributed by atoms with van der Waals surface area (Å²) in [4.78, 5) is 16.8. The molecule has 1 unspecified atom stereocenters. The minimum atomic E-state index is -0.252. The predicted octanol–water partition coefficient (Wildman–Crippen LogP) is 4.95. The summed E-state index contributed by atoms with van der Waals surface area (Å²) in [5, 5.41) is 0.771. The van der Waals surface area contributed by atoms with E-state index in [1.807, 2.05) is 43.3 Å². The van der Waals surface area contributed by atoms with E-state index in [-0.39, 0.29) is 5.97 Å². The second kappa shape index (κ2) is 11.3. The lowest BCUT2D eigenvalue weighted by Gasteiger charge is -2.35. The second-order valence-corrected chi connectivity index (χ2v) is 8.24. The summed E-state index contributed by atoms with van der Waals surface area (Å²) >= 11 is 5.93. The summed E-state index contributed by atoms with van der Waals surface area (Å²) in [6, 6.07) is 15.8. The molecule has 2 aromatic rings. The van der Waals surface area contributed by atoms with Crippen molar-refractivity contribution >= 4 is 23.6 Å². The van der Waals surface area contributed by atoms with Gasteiger partial charge in [0.1, 0.15) is 0 Å². The summed E-state index contributed by atoms with van der Waals surface area (Å²) in [5.41, 5.74) is 3.06. The number of piperazine rings is 1. The predicted molar refractivity (Wildman–Crippen MR) is 124 cm³/mol. The van der Waals surface area contributed by atoms with Gasteiger partial charge in [-0.05, 0) is 48.2 Å². The molecule has 30 heavy (non-hydrogen) atoms. The lowest BCUT2D eigenvalue weighted by molar-refractivity contribution is 0.0526. The van der Waals surface area contributed by atoms with E-state index in [0.717, 1.165) is 44.3 Å². The van der Waals surface area contributed by atoms with E-state index >= 15 is 0 Å². The second-order valence-electron chi connectivity index (χ2n) is 7.80. The summed E-state index contributed by atoms with van der Waals surface area (Å²) in [6.45, 7) is 10.8. The highest BCUT2D eigenvalue weighted by Gasteiger charge is 2.18. The Kier molecular flexibility index (Phi) is 8.50. The van der Waals surface area contributed by atoms with E-state index < -0.39 is 0 Å². The van der Waals surface area contributed by atoms with Gasteiger partial charge in [0.2, 0.25) is 0 Å². The Morgan fingerprint density at radius 3 is 2.30 bits per heavy atom. The highest BCUT2D eigenvalue weighted by molar-refractivity contribution is 6.30. The normalized spacial score (nSPS) is 16.6. The topological polar surface area (TPSA) is 32.8 Å². The molecule has 0 aromatic heterocycles. The van der Waals surface area contributed by atoms with E-state index in [1.165, 1.54) is 11.1 Å². The summed E-state index contributed by atoms with van der Waals surface area (Å²) in [7, 11) is 0. The lowest BCUT2D eigenvalue weighted by Crippen LogP contribution is -2.47. The van der Waals surface area contributed by atoms with Crippen LogP contribution in [0.25, 0.3) is 6.08 Å². The molecule has 160 valence electrons. The van der Waals surface area contributed by atoms with Crippen molar-refractivity contribution in [3.05, 3.63) is 76.3 Å². The molecule has 4 nitrogen and oxygen atoms in total. The van der Waals surface area contributed by atoms with Crippen molar-refractivity contribution < 1.29 is 9.53 Å². The zero-order valence-electron chi connectivity index (χ0n) is 17.9. The SMILES string of the molecule is CCOC(=O)c1ccc(C(C)CN2CCN(CC=Cc3ccc(Cl)cc3)CC2)cc1. The van der Waals surface area contributed by atoms with Crippen LogP contribution in [0.3, 0.4) is 0 Å². The maximum atomic E-state index is 11.8. The van der Waals surface area contributed by atoms with Crippen molar-refractivity contribution in [2.24, 2.45) is 0 Å². The monoisotopic (exact) mass is 426 g/mol. The molecule has 1 atom stereocenters. The minimum Gasteiger partial charge on any atom is -0.462 e. The van der Waals surface area contributed by atoms with Crippen LogP contribution in [0.15, 0.2) is 54.6 Å². The molecule has 1 fully saturated rings. The highest BCUT2D eigenvalue weighted by Crippen LogP contribution is 2.19. The zero-order chi connectivity index (χ0) is 21.3. The van der Waals surface area contributed by atoms with Crippen molar-refractivity contribution in [3.8, 4) is 0 Å². The molecule has 0 N–H and O–H groups in total. The first-order valence-electron chi connectivity index (χ1n) is 10.7. The standard InChI is InChI=1S/C25H31ClN2O2/c1-3-30-25(29)23-10-8-22(9-11-23)20(2)19-28-17-15-27(16-18-28)14-4-5-21-6-12-24(26)13-7-21/h4-13,20H,3,14-19H2,1-2H3. The van der Waals surface area contributed by atoms with E-state index in [1.54, 1.807) is 0 Å². The van der Waals surface area contributed by atoms with Crippen molar-refractivity contribution in [1.29, 1.82) is 0 Å². The van der Waals surface area contributed by atoms with Gasteiger partial charge in [0, 0.05) is 44.3 Å². The molecule has 5 heteroatoms. The van der Waals surface area contributed by atoms with Crippen molar-refractivity contribution in [2.45, 2.75) is 19.8 Å². The Balaban J connectivity index is 1.41. The fourth-order valence-electron chi connectivity index (χ4n) is 3.72. The third-order valence-electron chi connectivity index (χ3n) is 5.53. The van der Waals surface area contributed by atoms with Gasteiger partial charge in [0.15, 0.2) is 0 Å². The molecule has 0 bridgehead atoms. The van der Waals surface area contributed by atoms with Gasteiger partial charge in [-0.3, -0.25) is 4.90 Å². The molecule has 0 aliphatic carbocycles. The maximum absolute atomic E-state index is 11.8. The Labute approximate surface area is 185 Å². The van der Waals surface area contributed by atoms with Gasteiger partial charge in [-0.2, -0.15) is 0 Å². The molecule has 1 saturated heterocycles. The molecule has 3 rings (SSSR count). The molecule has 0 radical (unpaired) electrons. The van der Waals surface area contributed by atoms with Gasteiger partial charge in [0.25, 0.3) is 0 Å². The fraction of sp³-hybridized carbons (Fsp3) is 0.400. The minimum absolute atomic E-state index is 0.252. The van der Waals surface area contributed by atoms with Crippen LogP contribution in [0.1, 0.15) is 41.3 Å². The molecular formula is C25H31ClN2O2. The maximum Gasteiger partial charge on any atom is 0.338 e. The molecule has 0 saturated carbocycles. The van der Waals surface area contributed by atoms with Gasteiger partial charge in [0.05, 0.1) is 12.2 Å². The van der Waals surface area contributed by atoms with E-state index in [9.17, 15) is 4.79 Å². The molecule has 1 aliphatic heterocycles. The molecule has 0 spiro atoms. The van der Waals surface area contributed by atoms with Crippen LogP contribution in [0.4, 0.5) is 0 Å². The number of hydrogen-bond acceptors (Lipinski definition) is 4. The number of benzene rings is 2. The Bertz CT molecular complexity index is 825. The quantitative estimate of drug-likeness (QED) is 0.559. The Morgan fingerprint density at radius 1 is 1.03 bits per heavy atom. The largest absolute Gasteiger partial charge is 0.462 e. The molecule has 0 amide bonds. The first kappa shape index (κ1) is 22.5. The number of rotatable bonds is 8. The van der Waals surface area contributed by atoms with E-state index in [2.05, 4.69) is 41.0 Å². The van der Waals surface area contributed by atoms with Crippen molar-refractivity contribution in [3.63, 3.8) is 0 Å². The number of halogens is 1. The van der Waals surface area contributed by atoms with Gasteiger partial charge in [-0.15, -0.1) is 0 Å². The summed E-state index contributed by atoms with van der Waals surface area (Å²) < 4.78 is 5.06. The average molecular weight is 427 g/mol. The smallest absolute Gasteiger partial charge is 0.338 e. The number of carbonyl (C=O) groups excluding carboxylic acids is 1. The van der Waals surface area contributed by atoms with Crippen LogP contribution in [0.2, 0.25) is 5.02 Å². The first-order valence-corrected chi connectivity index (χ1v) is 11.1. The van der Waals surface area contributed by atoms with Crippen molar-refractivity contribution in [2.75, 3.05) is 45.9 Å². The Morgan fingerprint density at radius 2 is 1.67 bits per heavy atom. The average Bonchev–Trinajstić information content (AvgIpc) is 2.76. The van der Waals surface area contributed by atoms with Gasteiger partial charge < -0.3 is 9.64 Å². The van der Waals surface area contributed by atoms with Gasteiger partial charge in [-0.25, -0.2) is 4.79 Å². The van der Waals surface area contributed by atoms with Crippen LogP contribution in [-0.2, 0) is 4.74 Å². The molecular weight excluding hydrogens is 396 g/mol. The van der Waals surface area contributed by atoms with Crippen LogP contribution in [0.5, 0.6) is 0 Å². The van der Waals surface area contributed by atoms with Gasteiger partial charge in [-0.1, -0.05) is 54.9 Å².